The summed E-state index contributed by atoms with van der Waals surface area (Å²) in [6, 6.07) is 0. The van der Waals surface area contributed by atoms with Gasteiger partial charge in [-0.1, -0.05) is 26.2 Å². The quantitative estimate of drug-likeness (QED) is 0.732. The van der Waals surface area contributed by atoms with E-state index in [1.807, 2.05) is 7.05 Å². The highest BCUT2D eigenvalue weighted by atomic mass is 15.0. The van der Waals surface area contributed by atoms with Crippen molar-refractivity contribution in [3.8, 4) is 0 Å². The Hall–Kier alpha value is -0.0800. The SMILES string of the molecule is CNC(C)(C)CNCC1(C)CCCCC1. The molecule has 0 unspecified atom stereocenters. The Balaban J connectivity index is 2.24. The van der Waals surface area contributed by atoms with E-state index < -0.39 is 0 Å². The molecule has 0 saturated heterocycles. The molecule has 2 heteroatoms. The molecule has 15 heavy (non-hydrogen) atoms. The van der Waals surface area contributed by atoms with Gasteiger partial charge in [0.25, 0.3) is 0 Å². The van der Waals surface area contributed by atoms with Crippen molar-refractivity contribution >= 4 is 0 Å². The molecule has 1 aliphatic carbocycles. The zero-order chi connectivity index (χ0) is 11.4. The maximum atomic E-state index is 3.62. The van der Waals surface area contributed by atoms with Crippen LogP contribution in [0.2, 0.25) is 0 Å². The maximum Gasteiger partial charge on any atom is 0.0246 e. The number of hydrogen-bond acceptors (Lipinski definition) is 2. The van der Waals surface area contributed by atoms with E-state index >= 15 is 0 Å². The second-order valence-electron chi connectivity index (χ2n) is 6.11. The van der Waals surface area contributed by atoms with Crippen LogP contribution < -0.4 is 10.6 Å². The molecule has 1 fully saturated rings. The van der Waals surface area contributed by atoms with Gasteiger partial charge in [0.1, 0.15) is 0 Å². The Morgan fingerprint density at radius 2 is 1.73 bits per heavy atom. The largest absolute Gasteiger partial charge is 0.314 e. The number of likely N-dealkylation sites (N-methyl/N-ethyl adjacent to an activating group) is 1. The lowest BCUT2D eigenvalue weighted by Gasteiger charge is -2.35. The molecule has 0 aromatic carbocycles. The molecule has 0 amide bonds. The summed E-state index contributed by atoms with van der Waals surface area (Å²) < 4.78 is 0. The molecule has 0 radical (unpaired) electrons. The van der Waals surface area contributed by atoms with Crippen LogP contribution >= 0.6 is 0 Å². The van der Waals surface area contributed by atoms with Gasteiger partial charge in [-0.15, -0.1) is 0 Å². The van der Waals surface area contributed by atoms with Crippen molar-refractivity contribution in [3.63, 3.8) is 0 Å². The molecule has 0 aromatic heterocycles. The predicted octanol–water partition coefficient (Wildman–Crippen LogP) is 2.54. The average Bonchev–Trinajstić information content (AvgIpc) is 2.18. The van der Waals surface area contributed by atoms with Gasteiger partial charge < -0.3 is 10.6 Å². The Kier molecular flexibility index (Phi) is 4.60. The van der Waals surface area contributed by atoms with Gasteiger partial charge in [-0.3, -0.25) is 0 Å². The standard InChI is InChI=1S/C13H28N2/c1-12(2,14-4)10-15-11-13(3)8-6-5-7-9-13/h14-15H,5-11H2,1-4H3. The minimum Gasteiger partial charge on any atom is -0.314 e. The molecule has 1 rings (SSSR count). The highest BCUT2D eigenvalue weighted by Crippen LogP contribution is 2.34. The molecule has 0 aliphatic heterocycles. The van der Waals surface area contributed by atoms with E-state index in [1.165, 1.54) is 38.6 Å². The van der Waals surface area contributed by atoms with Crippen LogP contribution in [-0.4, -0.2) is 25.7 Å². The van der Waals surface area contributed by atoms with Crippen LogP contribution in [0, 0.1) is 5.41 Å². The molecule has 0 aromatic rings. The second kappa shape index (κ2) is 5.31. The zero-order valence-electron chi connectivity index (χ0n) is 10.9. The van der Waals surface area contributed by atoms with E-state index in [9.17, 15) is 0 Å². The third-order valence-electron chi connectivity index (χ3n) is 3.86. The molecule has 90 valence electrons. The van der Waals surface area contributed by atoms with Gasteiger partial charge in [0, 0.05) is 18.6 Å². The van der Waals surface area contributed by atoms with E-state index in [4.69, 9.17) is 0 Å². The topological polar surface area (TPSA) is 24.1 Å². The lowest BCUT2D eigenvalue weighted by Crippen LogP contribution is -2.48. The van der Waals surface area contributed by atoms with Crippen LogP contribution in [0.5, 0.6) is 0 Å². The fourth-order valence-electron chi connectivity index (χ4n) is 2.35. The Morgan fingerprint density at radius 3 is 2.27 bits per heavy atom. The molecular formula is C13H28N2. The van der Waals surface area contributed by atoms with Crippen LogP contribution in [0.4, 0.5) is 0 Å². The fraction of sp³-hybridized carbons (Fsp3) is 1.00. The van der Waals surface area contributed by atoms with Crippen molar-refractivity contribution in [2.75, 3.05) is 20.1 Å². The third-order valence-corrected chi connectivity index (χ3v) is 3.86. The molecule has 0 heterocycles. The normalized spacial score (nSPS) is 21.6. The van der Waals surface area contributed by atoms with Crippen molar-refractivity contribution < 1.29 is 0 Å². The Labute approximate surface area is 95.2 Å². The van der Waals surface area contributed by atoms with Gasteiger partial charge >= 0.3 is 0 Å². The summed E-state index contributed by atoms with van der Waals surface area (Å²) in [7, 11) is 2.03. The summed E-state index contributed by atoms with van der Waals surface area (Å²) in [6.07, 6.45) is 7.10. The average molecular weight is 212 g/mol. The molecule has 1 saturated carbocycles. The van der Waals surface area contributed by atoms with Gasteiger partial charge in [-0.2, -0.15) is 0 Å². The molecule has 0 atom stereocenters. The van der Waals surface area contributed by atoms with E-state index in [0.717, 1.165) is 6.54 Å². The first kappa shape index (κ1) is 13.0. The van der Waals surface area contributed by atoms with Gasteiger partial charge in [0.2, 0.25) is 0 Å². The van der Waals surface area contributed by atoms with Gasteiger partial charge in [0.05, 0.1) is 0 Å². The fourth-order valence-corrected chi connectivity index (χ4v) is 2.35. The highest BCUT2D eigenvalue weighted by Gasteiger charge is 2.26. The minimum absolute atomic E-state index is 0.213. The smallest absolute Gasteiger partial charge is 0.0246 e. The number of nitrogens with one attached hydrogen (secondary N) is 2. The highest BCUT2D eigenvalue weighted by molar-refractivity contribution is 4.84. The number of hydrogen-bond donors (Lipinski definition) is 2. The molecular weight excluding hydrogens is 184 g/mol. The maximum absolute atomic E-state index is 3.62. The summed E-state index contributed by atoms with van der Waals surface area (Å²) >= 11 is 0. The number of rotatable bonds is 5. The minimum atomic E-state index is 0.213. The monoisotopic (exact) mass is 212 g/mol. The summed E-state index contributed by atoms with van der Waals surface area (Å²) in [5, 5.41) is 6.95. The lowest BCUT2D eigenvalue weighted by molar-refractivity contribution is 0.201. The van der Waals surface area contributed by atoms with Crippen molar-refractivity contribution in [2.45, 2.75) is 58.4 Å². The van der Waals surface area contributed by atoms with Crippen molar-refractivity contribution in [3.05, 3.63) is 0 Å². The second-order valence-corrected chi connectivity index (χ2v) is 6.11. The lowest BCUT2D eigenvalue weighted by atomic mass is 9.75. The third kappa shape index (κ3) is 4.52. The Bertz CT molecular complexity index is 181. The summed E-state index contributed by atoms with van der Waals surface area (Å²) in [5.41, 5.74) is 0.771. The van der Waals surface area contributed by atoms with Gasteiger partial charge in [-0.05, 0) is 39.2 Å². The Morgan fingerprint density at radius 1 is 1.13 bits per heavy atom. The van der Waals surface area contributed by atoms with E-state index in [1.54, 1.807) is 0 Å². The first-order chi connectivity index (χ1) is 6.97. The molecule has 0 bridgehead atoms. The first-order valence-corrected chi connectivity index (χ1v) is 6.37. The molecule has 2 N–H and O–H groups in total. The molecule has 1 aliphatic rings. The van der Waals surface area contributed by atoms with Crippen LogP contribution in [0.1, 0.15) is 52.9 Å². The van der Waals surface area contributed by atoms with Gasteiger partial charge in [-0.25, -0.2) is 0 Å². The van der Waals surface area contributed by atoms with Crippen LogP contribution in [0.15, 0.2) is 0 Å². The summed E-state index contributed by atoms with van der Waals surface area (Å²) in [5.74, 6) is 0. The van der Waals surface area contributed by atoms with Crippen LogP contribution in [0.3, 0.4) is 0 Å². The van der Waals surface area contributed by atoms with E-state index in [2.05, 4.69) is 31.4 Å². The first-order valence-electron chi connectivity index (χ1n) is 6.37. The van der Waals surface area contributed by atoms with Crippen molar-refractivity contribution in [1.29, 1.82) is 0 Å². The van der Waals surface area contributed by atoms with Gasteiger partial charge in [0.15, 0.2) is 0 Å². The van der Waals surface area contributed by atoms with Crippen LogP contribution in [0.25, 0.3) is 0 Å². The van der Waals surface area contributed by atoms with Crippen molar-refractivity contribution in [1.82, 2.24) is 10.6 Å². The van der Waals surface area contributed by atoms with Crippen LogP contribution in [-0.2, 0) is 0 Å². The van der Waals surface area contributed by atoms with E-state index in [-0.39, 0.29) is 5.54 Å². The summed E-state index contributed by atoms with van der Waals surface area (Å²) in [6.45, 7) is 9.15. The van der Waals surface area contributed by atoms with Crippen molar-refractivity contribution in [2.24, 2.45) is 5.41 Å². The molecule has 0 spiro atoms. The summed E-state index contributed by atoms with van der Waals surface area (Å²) in [4.78, 5) is 0. The zero-order valence-corrected chi connectivity index (χ0v) is 10.9. The van der Waals surface area contributed by atoms with E-state index in [0.29, 0.717) is 5.41 Å². The predicted molar refractivity (Wildman–Crippen MR) is 67.2 cm³/mol. The molecule has 2 nitrogen and oxygen atoms in total.